The second kappa shape index (κ2) is 8.88. The average Bonchev–Trinajstić information content (AvgIpc) is 3.38. The van der Waals surface area contributed by atoms with E-state index in [0.717, 1.165) is 97.2 Å². The maximum absolute atomic E-state index is 13.5. The lowest BCUT2D eigenvalue weighted by Gasteiger charge is -2.57. The number of carbonyl (C=O) groups is 2. The first-order valence-electron chi connectivity index (χ1n) is 16.1. The molecule has 8 aliphatic rings. The molecule has 11 rings (SSSR count). The number of aliphatic hydroxyl groups is 1. The highest BCUT2D eigenvalue weighted by molar-refractivity contribution is 5.97. The standard InChI is InChI=1S/C34H39N5O3/c40-29-23-8-21-9-24(29)16-34(14-21,15-23)31(41)36-25-3-1-22(2-4-25)30-37-26-10-28(35-17-27(26)38-30)39-32(42)33-11-18-5-19(12-33)7-20(6-18)13-33/h1-4,10,17-21,23-24,29,40H,5-9,11-16H2,(H,36,41)(H,37,38)(H,35,39,42)/t18?,19?,20?,21?,23-,24+,29?,33?,34?. The summed E-state index contributed by atoms with van der Waals surface area (Å²) in [6.45, 7) is 0. The summed E-state index contributed by atoms with van der Waals surface area (Å²) in [5.74, 6) is 4.83. The van der Waals surface area contributed by atoms with Crippen molar-refractivity contribution in [3.8, 4) is 11.4 Å². The molecule has 8 nitrogen and oxygen atoms in total. The van der Waals surface area contributed by atoms with Crippen LogP contribution in [-0.4, -0.2) is 38.0 Å². The number of aromatic nitrogens is 3. The number of imidazole rings is 1. The lowest BCUT2D eigenvalue weighted by molar-refractivity contribution is -0.158. The summed E-state index contributed by atoms with van der Waals surface area (Å²) in [4.78, 5) is 39.7. The van der Waals surface area contributed by atoms with E-state index >= 15 is 0 Å². The fourth-order valence-electron chi connectivity index (χ4n) is 11.0. The summed E-state index contributed by atoms with van der Waals surface area (Å²) in [5.41, 5.74) is 2.74. The Morgan fingerprint density at radius 1 is 0.786 bits per heavy atom. The van der Waals surface area contributed by atoms with Gasteiger partial charge in [0.05, 0.1) is 34.2 Å². The van der Waals surface area contributed by atoms with Crippen molar-refractivity contribution < 1.29 is 14.7 Å². The van der Waals surface area contributed by atoms with Gasteiger partial charge in [-0.15, -0.1) is 0 Å². The van der Waals surface area contributed by atoms with Gasteiger partial charge in [0.15, 0.2) is 0 Å². The van der Waals surface area contributed by atoms with Crippen LogP contribution in [0.5, 0.6) is 0 Å². The van der Waals surface area contributed by atoms with Crippen LogP contribution in [0.2, 0.25) is 0 Å². The molecule has 3 aromatic rings. The van der Waals surface area contributed by atoms with E-state index < -0.39 is 0 Å². The van der Waals surface area contributed by atoms with Crippen molar-refractivity contribution in [3.63, 3.8) is 0 Å². The largest absolute Gasteiger partial charge is 0.393 e. The van der Waals surface area contributed by atoms with Crippen LogP contribution in [0.25, 0.3) is 22.4 Å². The van der Waals surface area contributed by atoms with Crippen LogP contribution in [0.4, 0.5) is 11.5 Å². The first-order chi connectivity index (χ1) is 20.3. The smallest absolute Gasteiger partial charge is 0.231 e. The number of hydrogen-bond donors (Lipinski definition) is 4. The minimum absolute atomic E-state index is 0.111. The molecule has 2 heterocycles. The summed E-state index contributed by atoms with van der Waals surface area (Å²) >= 11 is 0. The third-order valence-electron chi connectivity index (χ3n) is 12.3. The normalized spacial score (nSPS) is 39.1. The van der Waals surface area contributed by atoms with Gasteiger partial charge >= 0.3 is 0 Å². The van der Waals surface area contributed by atoms with Gasteiger partial charge in [-0.2, -0.15) is 0 Å². The van der Waals surface area contributed by atoms with E-state index in [2.05, 4.69) is 20.6 Å². The Morgan fingerprint density at radius 2 is 1.36 bits per heavy atom. The monoisotopic (exact) mass is 565 g/mol. The van der Waals surface area contributed by atoms with Crippen molar-refractivity contribution in [1.29, 1.82) is 0 Å². The number of H-pyrrole nitrogens is 1. The van der Waals surface area contributed by atoms with Gasteiger partial charge < -0.3 is 20.7 Å². The van der Waals surface area contributed by atoms with Crippen molar-refractivity contribution in [3.05, 3.63) is 36.5 Å². The Morgan fingerprint density at radius 3 is 2.00 bits per heavy atom. The molecule has 0 saturated heterocycles. The van der Waals surface area contributed by atoms with Crippen LogP contribution in [-0.2, 0) is 9.59 Å². The molecule has 8 heteroatoms. The van der Waals surface area contributed by atoms with E-state index in [-0.39, 0.29) is 40.6 Å². The van der Waals surface area contributed by atoms with Gasteiger partial charge in [0.1, 0.15) is 11.6 Å². The average molecular weight is 566 g/mol. The molecule has 0 aliphatic heterocycles. The number of hydrogen-bond acceptors (Lipinski definition) is 5. The third-order valence-corrected chi connectivity index (χ3v) is 12.3. The predicted molar refractivity (Wildman–Crippen MR) is 159 cm³/mol. The van der Waals surface area contributed by atoms with E-state index in [1.54, 1.807) is 6.20 Å². The Kier molecular flexibility index (Phi) is 5.34. The Bertz CT molecular complexity index is 1540. The molecule has 8 saturated carbocycles. The van der Waals surface area contributed by atoms with E-state index in [0.29, 0.717) is 11.7 Å². The Balaban J connectivity index is 0.893. The minimum atomic E-state index is -0.330. The van der Waals surface area contributed by atoms with Crippen molar-refractivity contribution in [2.24, 2.45) is 46.3 Å². The summed E-state index contributed by atoms with van der Waals surface area (Å²) in [7, 11) is 0. The number of benzene rings is 1. The van der Waals surface area contributed by atoms with Crippen molar-refractivity contribution in [2.45, 2.75) is 76.7 Å². The lowest BCUT2D eigenvalue weighted by Crippen LogP contribution is -2.57. The fourth-order valence-corrected chi connectivity index (χ4v) is 11.0. The molecule has 0 spiro atoms. The second-order valence-electron chi connectivity index (χ2n) is 15.1. The molecule has 0 radical (unpaired) electrons. The van der Waals surface area contributed by atoms with Gasteiger partial charge in [-0.3, -0.25) is 9.59 Å². The second-order valence-corrected chi connectivity index (χ2v) is 15.1. The summed E-state index contributed by atoms with van der Waals surface area (Å²) in [6, 6.07) is 9.68. The van der Waals surface area contributed by atoms with Crippen LogP contribution in [0.1, 0.15) is 70.6 Å². The molecule has 1 aromatic carbocycles. The molecule has 2 aromatic heterocycles. The van der Waals surface area contributed by atoms with Gasteiger partial charge in [0.2, 0.25) is 11.8 Å². The molecule has 3 unspecified atom stereocenters. The van der Waals surface area contributed by atoms with Gasteiger partial charge in [0, 0.05) is 17.3 Å². The quantitative estimate of drug-likeness (QED) is 0.307. The zero-order valence-electron chi connectivity index (χ0n) is 23.9. The van der Waals surface area contributed by atoms with Crippen molar-refractivity contribution in [1.82, 2.24) is 15.0 Å². The highest BCUT2D eigenvalue weighted by atomic mass is 16.3. The molecule has 8 fully saturated rings. The molecule has 4 N–H and O–H groups in total. The SMILES string of the molecule is O=C(Nc1ccc(-c2nc3cc(NC(=O)C45CC6CC(CC(C6)C4)C5)ncc3[nH]2)cc1)C12CC3C[C@H](C1)C(O)[C@@H](C3)C2. The number of aliphatic hydroxyl groups excluding tert-OH is 1. The van der Waals surface area contributed by atoms with Crippen LogP contribution in [0, 0.1) is 46.3 Å². The van der Waals surface area contributed by atoms with Crippen LogP contribution >= 0.6 is 0 Å². The zero-order valence-corrected chi connectivity index (χ0v) is 23.9. The molecule has 2 amide bonds. The van der Waals surface area contributed by atoms with E-state index in [1.165, 1.54) is 19.3 Å². The number of fused-ring (bicyclic) bond motifs is 1. The molecule has 5 atom stereocenters. The highest BCUT2D eigenvalue weighted by Crippen LogP contribution is 2.61. The number of nitrogens with one attached hydrogen (secondary N) is 3. The molecule has 8 aliphatic carbocycles. The molecular weight excluding hydrogens is 526 g/mol. The molecular formula is C34H39N5O3. The molecule has 218 valence electrons. The van der Waals surface area contributed by atoms with Gasteiger partial charge in [-0.1, -0.05) is 0 Å². The first kappa shape index (κ1) is 25.3. The Labute approximate surface area is 245 Å². The highest BCUT2D eigenvalue weighted by Gasteiger charge is 2.58. The maximum Gasteiger partial charge on any atom is 0.231 e. The van der Waals surface area contributed by atoms with Gasteiger partial charge in [0.25, 0.3) is 0 Å². The fraction of sp³-hybridized carbons (Fsp3) is 0.588. The summed E-state index contributed by atoms with van der Waals surface area (Å²) in [5, 5.41) is 16.9. The van der Waals surface area contributed by atoms with Crippen LogP contribution in [0.3, 0.4) is 0 Å². The first-order valence-corrected chi connectivity index (χ1v) is 16.1. The number of anilines is 2. The summed E-state index contributed by atoms with van der Waals surface area (Å²) in [6.07, 6.45) is 13.3. The number of carbonyl (C=O) groups excluding carboxylic acids is 2. The lowest BCUT2D eigenvalue weighted by atomic mass is 9.48. The van der Waals surface area contributed by atoms with E-state index in [4.69, 9.17) is 4.98 Å². The van der Waals surface area contributed by atoms with Crippen LogP contribution < -0.4 is 10.6 Å². The number of aromatic amines is 1. The zero-order chi connectivity index (χ0) is 28.2. The molecule has 8 bridgehead atoms. The predicted octanol–water partition coefficient (Wildman–Crippen LogP) is 5.91. The number of rotatable bonds is 5. The minimum Gasteiger partial charge on any atom is -0.393 e. The van der Waals surface area contributed by atoms with Crippen LogP contribution in [0.15, 0.2) is 36.5 Å². The maximum atomic E-state index is 13.5. The molecule has 42 heavy (non-hydrogen) atoms. The van der Waals surface area contributed by atoms with E-state index in [1.807, 2.05) is 30.3 Å². The Hall–Kier alpha value is -3.26. The topological polar surface area (TPSA) is 120 Å². The number of nitrogens with zero attached hydrogens (tertiary/aromatic N) is 2. The summed E-state index contributed by atoms with van der Waals surface area (Å²) < 4.78 is 0. The van der Waals surface area contributed by atoms with Gasteiger partial charge in [-0.05, 0) is 130 Å². The van der Waals surface area contributed by atoms with E-state index in [9.17, 15) is 14.7 Å². The number of pyridine rings is 1. The van der Waals surface area contributed by atoms with Crippen molar-refractivity contribution >= 4 is 34.4 Å². The van der Waals surface area contributed by atoms with Gasteiger partial charge in [-0.25, -0.2) is 9.97 Å². The number of amides is 2. The van der Waals surface area contributed by atoms with Crippen molar-refractivity contribution in [2.75, 3.05) is 10.6 Å². The third kappa shape index (κ3) is 3.90.